The first-order chi connectivity index (χ1) is 6.34. The second-order valence-corrected chi connectivity index (χ2v) is 4.06. The van der Waals surface area contributed by atoms with E-state index in [9.17, 15) is 9.50 Å². The van der Waals surface area contributed by atoms with E-state index in [1.807, 2.05) is 0 Å². The molecular formula is C11H16FNO. The Balaban J connectivity index is 3.28. The molecule has 14 heavy (non-hydrogen) atoms. The van der Waals surface area contributed by atoms with Gasteiger partial charge in [0.15, 0.2) is 0 Å². The summed E-state index contributed by atoms with van der Waals surface area (Å²) in [5.74, 6) is -0.407. The summed E-state index contributed by atoms with van der Waals surface area (Å²) in [4.78, 5) is 0. The highest BCUT2D eigenvalue weighted by Gasteiger charge is 2.22. The van der Waals surface area contributed by atoms with Crippen molar-refractivity contribution in [3.63, 3.8) is 0 Å². The Labute approximate surface area is 83.6 Å². The van der Waals surface area contributed by atoms with Crippen molar-refractivity contribution in [2.45, 2.75) is 32.4 Å². The van der Waals surface area contributed by atoms with Gasteiger partial charge in [0.05, 0.1) is 5.60 Å². The molecule has 0 aliphatic carbocycles. The van der Waals surface area contributed by atoms with Gasteiger partial charge in [-0.05, 0) is 20.8 Å². The van der Waals surface area contributed by atoms with Crippen LogP contribution in [0.1, 0.15) is 37.9 Å². The first-order valence-electron chi connectivity index (χ1n) is 4.61. The summed E-state index contributed by atoms with van der Waals surface area (Å²) in [6.07, 6.45) is 0. The van der Waals surface area contributed by atoms with E-state index in [1.54, 1.807) is 39.0 Å². The fourth-order valence-electron chi connectivity index (χ4n) is 1.37. The molecule has 3 N–H and O–H groups in total. The lowest BCUT2D eigenvalue weighted by atomic mass is 9.94. The number of hydrogen-bond donors (Lipinski definition) is 2. The molecule has 1 aromatic rings. The van der Waals surface area contributed by atoms with Crippen molar-refractivity contribution >= 4 is 0 Å². The lowest BCUT2D eigenvalue weighted by Gasteiger charge is -2.20. The molecule has 0 bridgehead atoms. The van der Waals surface area contributed by atoms with Crippen LogP contribution in [0, 0.1) is 5.82 Å². The second-order valence-electron chi connectivity index (χ2n) is 4.06. The normalized spacial score (nSPS) is 14.1. The third-order valence-electron chi connectivity index (χ3n) is 2.18. The summed E-state index contributed by atoms with van der Waals surface area (Å²) in [5, 5.41) is 9.70. The molecule has 0 saturated heterocycles. The first-order valence-corrected chi connectivity index (χ1v) is 4.61. The number of benzene rings is 1. The molecule has 78 valence electrons. The van der Waals surface area contributed by atoms with E-state index >= 15 is 0 Å². The predicted octanol–water partition coefficient (Wildman–Crippen LogP) is 2.07. The van der Waals surface area contributed by atoms with Crippen LogP contribution >= 0.6 is 0 Å². The maximum absolute atomic E-state index is 13.8. The fourth-order valence-corrected chi connectivity index (χ4v) is 1.37. The van der Waals surface area contributed by atoms with Crippen molar-refractivity contribution in [3.8, 4) is 0 Å². The highest BCUT2D eigenvalue weighted by atomic mass is 19.1. The fraction of sp³-hybridized carbons (Fsp3) is 0.455. The smallest absolute Gasteiger partial charge is 0.134 e. The molecule has 3 heteroatoms. The van der Waals surface area contributed by atoms with Crippen LogP contribution in [0.5, 0.6) is 0 Å². The van der Waals surface area contributed by atoms with E-state index in [0.717, 1.165) is 0 Å². The molecule has 0 aliphatic rings. The largest absolute Gasteiger partial charge is 0.386 e. The topological polar surface area (TPSA) is 46.2 Å². The summed E-state index contributed by atoms with van der Waals surface area (Å²) in [6, 6.07) is 4.54. The van der Waals surface area contributed by atoms with E-state index in [4.69, 9.17) is 5.73 Å². The monoisotopic (exact) mass is 197 g/mol. The van der Waals surface area contributed by atoms with Crippen molar-refractivity contribution in [1.82, 2.24) is 0 Å². The number of aliphatic hydroxyl groups is 1. The molecule has 0 spiro atoms. The Kier molecular flexibility index (Phi) is 2.92. The summed E-state index contributed by atoms with van der Waals surface area (Å²) in [5.41, 5.74) is 5.15. The van der Waals surface area contributed by atoms with Crippen molar-refractivity contribution in [2.24, 2.45) is 5.73 Å². The summed E-state index contributed by atoms with van der Waals surface area (Å²) < 4.78 is 13.8. The molecule has 0 fully saturated rings. The Morgan fingerprint density at radius 2 is 2.00 bits per heavy atom. The summed E-state index contributed by atoms with van der Waals surface area (Å²) in [6.45, 7) is 4.82. The van der Waals surface area contributed by atoms with Crippen molar-refractivity contribution in [1.29, 1.82) is 0 Å². The van der Waals surface area contributed by atoms with E-state index in [1.165, 1.54) is 0 Å². The third-order valence-corrected chi connectivity index (χ3v) is 2.18. The molecule has 1 rings (SSSR count). The maximum Gasteiger partial charge on any atom is 0.134 e. The number of nitrogens with two attached hydrogens (primary N) is 1. The average Bonchev–Trinajstić information content (AvgIpc) is 2.01. The molecular weight excluding hydrogens is 181 g/mol. The molecule has 0 radical (unpaired) electrons. The quantitative estimate of drug-likeness (QED) is 0.762. The molecule has 0 aliphatic heterocycles. The Hall–Kier alpha value is -0.930. The van der Waals surface area contributed by atoms with Crippen LogP contribution in [0.15, 0.2) is 18.2 Å². The molecule has 0 aromatic heterocycles. The van der Waals surface area contributed by atoms with Crippen molar-refractivity contribution in [2.75, 3.05) is 0 Å². The number of hydrogen-bond acceptors (Lipinski definition) is 2. The highest BCUT2D eigenvalue weighted by Crippen LogP contribution is 2.26. The van der Waals surface area contributed by atoms with Crippen molar-refractivity contribution < 1.29 is 9.50 Å². The molecule has 1 unspecified atom stereocenters. The van der Waals surface area contributed by atoms with Gasteiger partial charge >= 0.3 is 0 Å². The van der Waals surface area contributed by atoms with Crippen LogP contribution < -0.4 is 5.73 Å². The van der Waals surface area contributed by atoms with Gasteiger partial charge in [-0.25, -0.2) is 4.39 Å². The zero-order chi connectivity index (χ0) is 10.9. The predicted molar refractivity (Wildman–Crippen MR) is 54.2 cm³/mol. The van der Waals surface area contributed by atoms with Gasteiger partial charge in [-0.3, -0.25) is 0 Å². The molecule has 0 amide bonds. The first kappa shape index (κ1) is 11.1. The molecule has 0 heterocycles. The van der Waals surface area contributed by atoms with Crippen LogP contribution in [0.25, 0.3) is 0 Å². The van der Waals surface area contributed by atoms with E-state index < -0.39 is 11.4 Å². The number of rotatable bonds is 2. The Morgan fingerprint density at radius 1 is 1.43 bits per heavy atom. The van der Waals surface area contributed by atoms with Crippen LogP contribution in [-0.4, -0.2) is 5.11 Å². The lowest BCUT2D eigenvalue weighted by Crippen LogP contribution is -2.20. The molecule has 2 nitrogen and oxygen atoms in total. The van der Waals surface area contributed by atoms with E-state index in [0.29, 0.717) is 5.56 Å². The molecule has 1 atom stereocenters. The van der Waals surface area contributed by atoms with Crippen LogP contribution in [0.4, 0.5) is 4.39 Å². The Bertz CT molecular complexity index is 329. The van der Waals surface area contributed by atoms with Gasteiger partial charge in [-0.2, -0.15) is 0 Å². The SMILES string of the molecule is CC(N)c1cccc(C(C)(C)O)c1F. The van der Waals surface area contributed by atoms with Crippen molar-refractivity contribution in [3.05, 3.63) is 35.1 Å². The minimum Gasteiger partial charge on any atom is -0.386 e. The molecule has 1 aromatic carbocycles. The van der Waals surface area contributed by atoms with Crippen LogP contribution in [0.3, 0.4) is 0 Å². The van der Waals surface area contributed by atoms with Gasteiger partial charge in [0.2, 0.25) is 0 Å². The second kappa shape index (κ2) is 3.67. The zero-order valence-corrected chi connectivity index (χ0v) is 8.71. The van der Waals surface area contributed by atoms with Gasteiger partial charge in [0.1, 0.15) is 5.82 Å². The van der Waals surface area contributed by atoms with Gasteiger partial charge in [-0.15, -0.1) is 0 Å². The highest BCUT2D eigenvalue weighted by molar-refractivity contribution is 5.31. The van der Waals surface area contributed by atoms with E-state index in [-0.39, 0.29) is 11.6 Å². The zero-order valence-electron chi connectivity index (χ0n) is 8.71. The summed E-state index contributed by atoms with van der Waals surface area (Å²) >= 11 is 0. The third kappa shape index (κ3) is 2.11. The number of halogens is 1. The Morgan fingerprint density at radius 3 is 2.43 bits per heavy atom. The average molecular weight is 197 g/mol. The van der Waals surface area contributed by atoms with Crippen LogP contribution in [0.2, 0.25) is 0 Å². The van der Waals surface area contributed by atoms with Gasteiger partial charge < -0.3 is 10.8 Å². The maximum atomic E-state index is 13.8. The minimum absolute atomic E-state index is 0.285. The summed E-state index contributed by atoms with van der Waals surface area (Å²) in [7, 11) is 0. The van der Waals surface area contributed by atoms with Gasteiger partial charge in [0, 0.05) is 17.2 Å². The van der Waals surface area contributed by atoms with Gasteiger partial charge in [-0.1, -0.05) is 18.2 Å². The molecule has 0 saturated carbocycles. The van der Waals surface area contributed by atoms with E-state index in [2.05, 4.69) is 0 Å². The lowest BCUT2D eigenvalue weighted by molar-refractivity contribution is 0.0743. The standard InChI is InChI=1S/C11H16FNO/c1-7(13)8-5-4-6-9(10(8)12)11(2,3)14/h4-7,14H,13H2,1-3H3. The minimum atomic E-state index is -1.17. The van der Waals surface area contributed by atoms with Crippen LogP contribution in [-0.2, 0) is 5.60 Å². The van der Waals surface area contributed by atoms with Gasteiger partial charge in [0.25, 0.3) is 0 Å².